The van der Waals surface area contributed by atoms with Crippen molar-refractivity contribution >= 4 is 17.9 Å². The molecular formula is C14H20N6O2. The highest BCUT2D eigenvalue weighted by Crippen LogP contribution is 2.15. The average Bonchev–Trinajstić information content (AvgIpc) is 2.45. The van der Waals surface area contributed by atoms with E-state index in [9.17, 15) is 9.59 Å². The van der Waals surface area contributed by atoms with Crippen LogP contribution in [0.25, 0.3) is 0 Å². The highest BCUT2D eigenvalue weighted by molar-refractivity contribution is 5.97. The second-order valence-electron chi connectivity index (χ2n) is 5.72. The molecule has 0 bridgehead atoms. The molecule has 1 atom stereocenters. The average molecular weight is 304 g/mol. The third-order valence-corrected chi connectivity index (χ3v) is 3.94. The zero-order valence-corrected chi connectivity index (χ0v) is 12.8. The number of imide groups is 1. The quantitative estimate of drug-likeness (QED) is 0.784. The minimum Gasteiger partial charge on any atom is -0.338 e. The number of nitrogens with zero attached hydrogens (tertiary/aromatic N) is 4. The number of aryl methyl sites for hydroxylation is 2. The lowest BCUT2D eigenvalue weighted by molar-refractivity contribution is -0.122. The van der Waals surface area contributed by atoms with Gasteiger partial charge in [-0.2, -0.15) is 0 Å². The Morgan fingerprint density at radius 3 is 2.32 bits per heavy atom. The van der Waals surface area contributed by atoms with Gasteiger partial charge in [-0.3, -0.25) is 15.0 Å². The smallest absolute Gasteiger partial charge is 0.322 e. The van der Waals surface area contributed by atoms with Gasteiger partial charge in [0.15, 0.2) is 0 Å². The van der Waals surface area contributed by atoms with Crippen LogP contribution in [0, 0.1) is 13.8 Å². The lowest BCUT2D eigenvalue weighted by Gasteiger charge is -2.40. The van der Waals surface area contributed by atoms with Gasteiger partial charge in [-0.1, -0.05) is 0 Å². The summed E-state index contributed by atoms with van der Waals surface area (Å²) in [6.07, 6.45) is 0.0785. The highest BCUT2D eigenvalue weighted by atomic mass is 16.2. The molecule has 1 unspecified atom stereocenters. The minimum absolute atomic E-state index is 0.219. The summed E-state index contributed by atoms with van der Waals surface area (Å²) in [7, 11) is 0. The predicted molar refractivity (Wildman–Crippen MR) is 80.4 cm³/mol. The summed E-state index contributed by atoms with van der Waals surface area (Å²) in [5.41, 5.74) is 1.92. The number of carbonyl (C=O) groups is 2. The fraction of sp³-hybridized carbons (Fsp3) is 0.571. The monoisotopic (exact) mass is 304 g/mol. The molecule has 2 saturated heterocycles. The van der Waals surface area contributed by atoms with Crippen LogP contribution in [0.3, 0.4) is 0 Å². The number of amides is 3. The van der Waals surface area contributed by atoms with Crippen LogP contribution in [-0.2, 0) is 4.79 Å². The second kappa shape index (κ2) is 5.88. The molecule has 3 rings (SSSR count). The Hall–Kier alpha value is -2.22. The van der Waals surface area contributed by atoms with Crippen LogP contribution >= 0.6 is 0 Å². The molecule has 0 radical (unpaired) electrons. The molecule has 2 aliphatic heterocycles. The first-order valence-electron chi connectivity index (χ1n) is 7.43. The van der Waals surface area contributed by atoms with Crippen molar-refractivity contribution in [1.82, 2.24) is 25.5 Å². The van der Waals surface area contributed by atoms with Crippen LogP contribution in [0.15, 0.2) is 6.07 Å². The van der Waals surface area contributed by atoms with Crippen molar-refractivity contribution in [3.8, 4) is 0 Å². The number of carbonyl (C=O) groups excluding carboxylic acids is 2. The van der Waals surface area contributed by atoms with Crippen molar-refractivity contribution < 1.29 is 9.59 Å². The fourth-order valence-corrected chi connectivity index (χ4v) is 2.89. The summed E-state index contributed by atoms with van der Waals surface area (Å²) >= 11 is 0. The number of urea groups is 1. The van der Waals surface area contributed by atoms with E-state index in [1.54, 1.807) is 0 Å². The predicted octanol–water partition coefficient (Wildman–Crippen LogP) is -0.229. The molecular weight excluding hydrogens is 284 g/mol. The molecule has 2 aliphatic rings. The van der Waals surface area contributed by atoms with E-state index in [0.29, 0.717) is 6.42 Å². The largest absolute Gasteiger partial charge is 0.338 e. The van der Waals surface area contributed by atoms with Crippen molar-refractivity contribution in [2.75, 3.05) is 31.1 Å². The SMILES string of the molecule is Cc1cc(C)nc(N2CCN(C3CC(=O)NC(=O)N3)CC2)n1. The summed E-state index contributed by atoms with van der Waals surface area (Å²) in [6.45, 7) is 6.99. The minimum atomic E-state index is -0.415. The van der Waals surface area contributed by atoms with E-state index in [1.165, 1.54) is 0 Å². The van der Waals surface area contributed by atoms with E-state index >= 15 is 0 Å². The van der Waals surface area contributed by atoms with Crippen molar-refractivity contribution in [2.45, 2.75) is 26.4 Å². The molecule has 2 fully saturated rings. The van der Waals surface area contributed by atoms with Gasteiger partial charge in [0.25, 0.3) is 0 Å². The zero-order valence-electron chi connectivity index (χ0n) is 12.8. The molecule has 1 aromatic heterocycles. The van der Waals surface area contributed by atoms with Gasteiger partial charge >= 0.3 is 6.03 Å². The number of hydrogen-bond acceptors (Lipinski definition) is 6. The first-order valence-corrected chi connectivity index (χ1v) is 7.43. The zero-order chi connectivity index (χ0) is 15.7. The van der Waals surface area contributed by atoms with Gasteiger partial charge < -0.3 is 10.2 Å². The van der Waals surface area contributed by atoms with Gasteiger partial charge in [-0.05, 0) is 19.9 Å². The fourth-order valence-electron chi connectivity index (χ4n) is 2.89. The molecule has 118 valence electrons. The Bertz CT molecular complexity index is 561. The van der Waals surface area contributed by atoms with E-state index < -0.39 is 6.03 Å². The first-order chi connectivity index (χ1) is 10.5. The topological polar surface area (TPSA) is 90.5 Å². The maximum atomic E-state index is 11.5. The van der Waals surface area contributed by atoms with Crippen molar-refractivity contribution in [3.05, 3.63) is 17.5 Å². The van der Waals surface area contributed by atoms with Crippen molar-refractivity contribution in [2.24, 2.45) is 0 Å². The number of nitrogens with one attached hydrogen (secondary N) is 2. The third-order valence-electron chi connectivity index (χ3n) is 3.94. The van der Waals surface area contributed by atoms with Gasteiger partial charge in [0.05, 0.1) is 12.6 Å². The molecule has 0 aliphatic carbocycles. The Kier molecular flexibility index (Phi) is 3.93. The van der Waals surface area contributed by atoms with Crippen LogP contribution in [0.1, 0.15) is 17.8 Å². The molecule has 3 heterocycles. The Labute approximate surface area is 128 Å². The normalized spacial score (nSPS) is 23.2. The molecule has 0 saturated carbocycles. The van der Waals surface area contributed by atoms with Gasteiger partial charge in [-0.25, -0.2) is 14.8 Å². The molecule has 8 heteroatoms. The third kappa shape index (κ3) is 3.16. The van der Waals surface area contributed by atoms with Crippen molar-refractivity contribution in [3.63, 3.8) is 0 Å². The van der Waals surface area contributed by atoms with Gasteiger partial charge in [-0.15, -0.1) is 0 Å². The summed E-state index contributed by atoms with van der Waals surface area (Å²) in [5, 5.41) is 5.04. The van der Waals surface area contributed by atoms with Gasteiger partial charge in [0, 0.05) is 37.6 Å². The number of hydrogen-bond donors (Lipinski definition) is 2. The van der Waals surface area contributed by atoms with Gasteiger partial charge in [0.2, 0.25) is 11.9 Å². The van der Waals surface area contributed by atoms with Crippen LogP contribution in [0.2, 0.25) is 0 Å². The molecule has 1 aromatic rings. The van der Waals surface area contributed by atoms with Crippen molar-refractivity contribution in [1.29, 1.82) is 0 Å². The molecule has 0 aromatic carbocycles. The Morgan fingerprint density at radius 1 is 1.09 bits per heavy atom. The second-order valence-corrected chi connectivity index (χ2v) is 5.72. The first kappa shape index (κ1) is 14.7. The lowest BCUT2D eigenvalue weighted by atomic mass is 10.2. The standard InChI is InChI=1S/C14H20N6O2/c1-9-7-10(2)16-13(15-9)20-5-3-19(4-6-20)11-8-12(21)18-14(22)17-11/h7,11H,3-6,8H2,1-2H3,(H2,17,18,21,22). The Morgan fingerprint density at radius 2 is 1.73 bits per heavy atom. The van der Waals surface area contributed by atoms with E-state index in [4.69, 9.17) is 0 Å². The van der Waals surface area contributed by atoms with E-state index in [-0.39, 0.29) is 12.1 Å². The lowest BCUT2D eigenvalue weighted by Crippen LogP contribution is -2.62. The van der Waals surface area contributed by atoms with Gasteiger partial charge in [0.1, 0.15) is 0 Å². The maximum absolute atomic E-state index is 11.5. The summed E-state index contributed by atoms with van der Waals surface area (Å²) in [4.78, 5) is 36.1. The summed E-state index contributed by atoms with van der Waals surface area (Å²) < 4.78 is 0. The summed E-state index contributed by atoms with van der Waals surface area (Å²) in [5.74, 6) is 0.524. The van der Waals surface area contributed by atoms with Crippen LogP contribution in [-0.4, -0.2) is 59.2 Å². The maximum Gasteiger partial charge on any atom is 0.322 e. The van der Waals surface area contributed by atoms with E-state index in [1.807, 2.05) is 19.9 Å². The number of rotatable bonds is 2. The van der Waals surface area contributed by atoms with Crippen LogP contribution < -0.4 is 15.5 Å². The van der Waals surface area contributed by atoms with Crippen LogP contribution in [0.4, 0.5) is 10.7 Å². The Balaban J connectivity index is 1.62. The molecule has 2 N–H and O–H groups in total. The molecule has 8 nitrogen and oxygen atoms in total. The molecule has 22 heavy (non-hydrogen) atoms. The highest BCUT2D eigenvalue weighted by Gasteiger charge is 2.31. The molecule has 3 amide bonds. The van der Waals surface area contributed by atoms with E-state index in [0.717, 1.165) is 43.5 Å². The number of anilines is 1. The van der Waals surface area contributed by atoms with E-state index in [2.05, 4.69) is 30.4 Å². The van der Waals surface area contributed by atoms with Crippen LogP contribution in [0.5, 0.6) is 0 Å². The number of piperazine rings is 1. The number of aromatic nitrogens is 2. The summed E-state index contributed by atoms with van der Waals surface area (Å²) in [6, 6.07) is 1.54. The molecule has 0 spiro atoms.